The SMILES string of the molecule is COCCOCOC[C@H](NC(=O)C(F)(F)C(O)C(N)Cc1ccc(OCc2ccccc2)cc1)C(C)C. The Morgan fingerprint density at radius 2 is 1.70 bits per heavy atom. The first-order valence-corrected chi connectivity index (χ1v) is 12.2. The van der Waals surface area contributed by atoms with Gasteiger partial charge in [0.1, 0.15) is 25.3 Å². The van der Waals surface area contributed by atoms with E-state index in [2.05, 4.69) is 5.32 Å². The number of alkyl halides is 2. The van der Waals surface area contributed by atoms with Crippen LogP contribution >= 0.6 is 0 Å². The van der Waals surface area contributed by atoms with Crippen LogP contribution in [0.2, 0.25) is 0 Å². The van der Waals surface area contributed by atoms with Gasteiger partial charge in [0.25, 0.3) is 5.91 Å². The van der Waals surface area contributed by atoms with E-state index in [0.29, 0.717) is 31.1 Å². The van der Waals surface area contributed by atoms with Gasteiger partial charge in [-0.3, -0.25) is 4.79 Å². The lowest BCUT2D eigenvalue weighted by Crippen LogP contribution is -2.58. The maximum absolute atomic E-state index is 14.8. The molecule has 4 N–H and O–H groups in total. The molecule has 0 aliphatic carbocycles. The van der Waals surface area contributed by atoms with Gasteiger partial charge in [0.05, 0.1) is 25.9 Å². The Balaban J connectivity index is 1.86. The zero-order valence-corrected chi connectivity index (χ0v) is 21.6. The molecule has 0 saturated carbocycles. The summed E-state index contributed by atoms with van der Waals surface area (Å²) in [6.45, 7) is 4.52. The molecule has 2 rings (SSSR count). The smallest absolute Gasteiger partial charge is 0.351 e. The number of ether oxygens (including phenoxy) is 4. The van der Waals surface area contributed by atoms with Gasteiger partial charge in [-0.15, -0.1) is 0 Å². The van der Waals surface area contributed by atoms with Gasteiger partial charge in [0, 0.05) is 13.2 Å². The van der Waals surface area contributed by atoms with Crippen molar-refractivity contribution >= 4 is 5.91 Å². The number of carbonyl (C=O) groups is 1. The third kappa shape index (κ3) is 10.3. The fourth-order valence-electron chi connectivity index (χ4n) is 3.35. The topological polar surface area (TPSA) is 112 Å². The summed E-state index contributed by atoms with van der Waals surface area (Å²) >= 11 is 0. The van der Waals surface area contributed by atoms with Crippen molar-refractivity contribution in [3.63, 3.8) is 0 Å². The third-order valence-electron chi connectivity index (χ3n) is 5.74. The highest BCUT2D eigenvalue weighted by Crippen LogP contribution is 2.24. The average molecular weight is 525 g/mol. The molecule has 0 spiro atoms. The predicted octanol–water partition coefficient (Wildman–Crippen LogP) is 2.91. The first kappa shape index (κ1) is 30.6. The van der Waals surface area contributed by atoms with Gasteiger partial charge in [-0.05, 0) is 35.6 Å². The number of aliphatic hydroxyl groups excluding tert-OH is 1. The van der Waals surface area contributed by atoms with E-state index in [1.165, 1.54) is 7.11 Å². The van der Waals surface area contributed by atoms with Crippen molar-refractivity contribution in [2.24, 2.45) is 11.7 Å². The van der Waals surface area contributed by atoms with E-state index in [-0.39, 0.29) is 25.7 Å². The molecule has 0 aromatic heterocycles. The number of rotatable bonds is 17. The Bertz CT molecular complexity index is 915. The van der Waals surface area contributed by atoms with Crippen molar-refractivity contribution in [3.8, 4) is 5.75 Å². The molecule has 2 aromatic carbocycles. The Labute approximate surface area is 217 Å². The highest BCUT2D eigenvalue weighted by atomic mass is 19.3. The molecule has 0 aliphatic rings. The van der Waals surface area contributed by atoms with Crippen molar-refractivity contribution < 1.29 is 37.6 Å². The molecule has 10 heteroatoms. The molecular weight excluding hydrogens is 486 g/mol. The summed E-state index contributed by atoms with van der Waals surface area (Å²) in [5, 5.41) is 12.5. The van der Waals surface area contributed by atoms with E-state index >= 15 is 0 Å². The Kier molecular flexibility index (Phi) is 12.9. The number of nitrogens with one attached hydrogen (secondary N) is 1. The second-order valence-electron chi connectivity index (χ2n) is 9.07. The maximum atomic E-state index is 14.8. The van der Waals surface area contributed by atoms with Crippen LogP contribution in [0.25, 0.3) is 0 Å². The number of benzene rings is 2. The molecule has 3 atom stereocenters. The lowest BCUT2D eigenvalue weighted by molar-refractivity contribution is -0.167. The van der Waals surface area contributed by atoms with Crippen molar-refractivity contribution in [1.82, 2.24) is 5.32 Å². The molecule has 0 aliphatic heterocycles. The molecule has 2 aromatic rings. The highest BCUT2D eigenvalue weighted by molar-refractivity contribution is 5.84. The van der Waals surface area contributed by atoms with Crippen LogP contribution in [0.15, 0.2) is 54.6 Å². The number of hydrogen-bond donors (Lipinski definition) is 3. The summed E-state index contributed by atoms with van der Waals surface area (Å²) in [7, 11) is 1.54. The number of aliphatic hydroxyl groups is 1. The van der Waals surface area contributed by atoms with Crippen LogP contribution in [0.3, 0.4) is 0 Å². The highest BCUT2D eigenvalue weighted by Gasteiger charge is 2.49. The minimum Gasteiger partial charge on any atom is -0.489 e. The summed E-state index contributed by atoms with van der Waals surface area (Å²) in [4.78, 5) is 12.4. The number of halogens is 2. The van der Waals surface area contributed by atoms with Crippen LogP contribution in [0.4, 0.5) is 8.78 Å². The van der Waals surface area contributed by atoms with Crippen LogP contribution in [-0.4, -0.2) is 68.8 Å². The van der Waals surface area contributed by atoms with Crippen molar-refractivity contribution in [1.29, 1.82) is 0 Å². The van der Waals surface area contributed by atoms with E-state index in [1.807, 2.05) is 30.3 Å². The molecule has 0 bridgehead atoms. The van der Waals surface area contributed by atoms with E-state index < -0.39 is 30.0 Å². The van der Waals surface area contributed by atoms with Crippen molar-refractivity contribution in [3.05, 3.63) is 65.7 Å². The largest absolute Gasteiger partial charge is 0.489 e. The van der Waals surface area contributed by atoms with Crippen LogP contribution in [0, 0.1) is 5.92 Å². The van der Waals surface area contributed by atoms with Crippen LogP contribution < -0.4 is 15.8 Å². The van der Waals surface area contributed by atoms with E-state index in [1.54, 1.807) is 38.1 Å². The Hall–Kier alpha value is -2.63. The first-order chi connectivity index (χ1) is 17.6. The molecule has 37 heavy (non-hydrogen) atoms. The molecule has 8 nitrogen and oxygen atoms in total. The number of carbonyl (C=O) groups excluding carboxylic acids is 1. The molecule has 1 amide bonds. The second kappa shape index (κ2) is 15.6. The molecular formula is C27H38F2N2O6. The van der Waals surface area contributed by atoms with Gasteiger partial charge in [-0.1, -0.05) is 56.3 Å². The first-order valence-electron chi connectivity index (χ1n) is 12.2. The van der Waals surface area contributed by atoms with Gasteiger partial charge in [0.2, 0.25) is 0 Å². The molecule has 0 saturated heterocycles. The minimum atomic E-state index is -4.10. The molecule has 206 valence electrons. The van der Waals surface area contributed by atoms with Crippen LogP contribution in [0.5, 0.6) is 5.75 Å². The fraction of sp³-hybridized carbons (Fsp3) is 0.519. The lowest BCUT2D eigenvalue weighted by atomic mass is 9.96. The van der Waals surface area contributed by atoms with E-state index in [4.69, 9.17) is 24.7 Å². The molecule has 0 fully saturated rings. The number of amides is 1. The lowest BCUT2D eigenvalue weighted by Gasteiger charge is -2.29. The summed E-state index contributed by atoms with van der Waals surface area (Å²) in [6.07, 6.45) is -2.44. The van der Waals surface area contributed by atoms with Gasteiger partial charge in [0.15, 0.2) is 0 Å². The number of nitrogens with two attached hydrogens (primary N) is 1. The Morgan fingerprint density at radius 1 is 1.03 bits per heavy atom. The summed E-state index contributed by atoms with van der Waals surface area (Å²) in [6, 6.07) is 14.3. The van der Waals surface area contributed by atoms with Crippen molar-refractivity contribution in [2.45, 2.75) is 51.0 Å². The van der Waals surface area contributed by atoms with Crippen LogP contribution in [-0.2, 0) is 32.0 Å². The van der Waals surface area contributed by atoms with Gasteiger partial charge in [-0.25, -0.2) is 0 Å². The standard InChI is InChI=1S/C27H38F2N2O6/c1-19(2)24(17-36-18-35-14-13-34-3)31-26(33)27(28,29)25(32)23(30)15-20-9-11-22(12-10-20)37-16-21-7-5-4-6-8-21/h4-12,19,23-25,32H,13-18,30H2,1-3H3,(H,31,33)/t23?,24-,25?/m0/s1. The third-order valence-corrected chi connectivity index (χ3v) is 5.74. The molecule has 2 unspecified atom stereocenters. The molecule has 0 radical (unpaired) electrons. The number of methoxy groups -OCH3 is 1. The zero-order valence-electron chi connectivity index (χ0n) is 21.6. The zero-order chi connectivity index (χ0) is 27.3. The van der Waals surface area contributed by atoms with Gasteiger partial charge < -0.3 is 35.1 Å². The normalized spacial score (nSPS) is 14.3. The fourth-order valence-corrected chi connectivity index (χ4v) is 3.35. The Morgan fingerprint density at radius 3 is 2.32 bits per heavy atom. The monoisotopic (exact) mass is 524 g/mol. The summed E-state index contributed by atoms with van der Waals surface area (Å²) < 4.78 is 50.7. The van der Waals surface area contributed by atoms with Crippen molar-refractivity contribution in [2.75, 3.05) is 33.7 Å². The summed E-state index contributed by atoms with van der Waals surface area (Å²) in [5.41, 5.74) is 7.52. The van der Waals surface area contributed by atoms with E-state index in [0.717, 1.165) is 5.56 Å². The summed E-state index contributed by atoms with van der Waals surface area (Å²) in [5.74, 6) is -5.30. The maximum Gasteiger partial charge on any atom is 0.351 e. The second-order valence-corrected chi connectivity index (χ2v) is 9.07. The average Bonchev–Trinajstić information content (AvgIpc) is 2.89. The quantitative estimate of drug-likeness (QED) is 0.216. The van der Waals surface area contributed by atoms with Gasteiger partial charge in [-0.2, -0.15) is 8.78 Å². The van der Waals surface area contributed by atoms with Crippen LogP contribution in [0.1, 0.15) is 25.0 Å². The minimum absolute atomic E-state index is 0.0344. The van der Waals surface area contributed by atoms with Gasteiger partial charge >= 0.3 is 5.92 Å². The molecule has 0 heterocycles. The number of hydrogen-bond acceptors (Lipinski definition) is 7. The predicted molar refractivity (Wildman–Crippen MR) is 135 cm³/mol. The van der Waals surface area contributed by atoms with E-state index in [9.17, 15) is 18.7 Å².